The van der Waals surface area contributed by atoms with Crippen molar-refractivity contribution in [1.82, 2.24) is 4.90 Å². The molecule has 0 N–H and O–H groups in total. The van der Waals surface area contributed by atoms with E-state index >= 15 is 0 Å². The number of sulfone groups is 1. The molecule has 0 radical (unpaired) electrons. The molecule has 0 aromatic heterocycles. The van der Waals surface area contributed by atoms with E-state index in [0.717, 1.165) is 11.1 Å². The second kappa shape index (κ2) is 9.34. The van der Waals surface area contributed by atoms with Crippen LogP contribution >= 0.6 is 0 Å². The quantitative estimate of drug-likeness (QED) is 0.348. The molecule has 4 heteroatoms. The SMILES string of the molecule is O=S(=O)(c1ccccc1)C1C[C@@H](c2ccccc2)N(Cc2ccccc2)[C@@H]1c1ccccc1. The maximum Gasteiger partial charge on any atom is 0.183 e. The van der Waals surface area contributed by atoms with E-state index < -0.39 is 15.1 Å². The van der Waals surface area contributed by atoms with Gasteiger partial charge < -0.3 is 0 Å². The standard InChI is InChI=1S/C29H27NO2S/c31-33(32,26-19-11-4-12-20-26)28-21-27(24-15-7-2-8-16-24)30(22-23-13-5-1-6-14-23)29(28)25-17-9-3-10-18-25/h1-20,27-29H,21-22H2/t27-,28?,29+/m0/s1. The molecule has 0 spiro atoms. The highest BCUT2D eigenvalue weighted by Crippen LogP contribution is 2.49. The lowest BCUT2D eigenvalue weighted by atomic mass is 10.0. The van der Waals surface area contributed by atoms with Crippen LogP contribution < -0.4 is 0 Å². The van der Waals surface area contributed by atoms with Crippen molar-refractivity contribution < 1.29 is 8.42 Å². The molecule has 33 heavy (non-hydrogen) atoms. The summed E-state index contributed by atoms with van der Waals surface area (Å²) >= 11 is 0. The number of nitrogens with zero attached hydrogens (tertiary/aromatic N) is 1. The summed E-state index contributed by atoms with van der Waals surface area (Å²) in [6.07, 6.45) is 0.549. The van der Waals surface area contributed by atoms with Crippen LogP contribution in [0.25, 0.3) is 0 Å². The Morgan fingerprint density at radius 3 is 1.70 bits per heavy atom. The molecule has 0 bridgehead atoms. The number of benzene rings is 4. The van der Waals surface area contributed by atoms with E-state index in [-0.39, 0.29) is 12.1 Å². The first-order chi connectivity index (χ1) is 16.1. The molecule has 4 aromatic carbocycles. The van der Waals surface area contributed by atoms with Gasteiger partial charge in [-0.05, 0) is 35.2 Å². The van der Waals surface area contributed by atoms with Crippen LogP contribution in [-0.4, -0.2) is 18.6 Å². The maximum absolute atomic E-state index is 14.0. The first-order valence-corrected chi connectivity index (χ1v) is 12.9. The molecule has 1 aliphatic heterocycles. The Balaban J connectivity index is 1.65. The van der Waals surface area contributed by atoms with Crippen LogP contribution in [0.15, 0.2) is 126 Å². The van der Waals surface area contributed by atoms with Gasteiger partial charge in [0.15, 0.2) is 9.84 Å². The van der Waals surface area contributed by atoms with Gasteiger partial charge in [0.1, 0.15) is 0 Å². The summed E-state index contributed by atoms with van der Waals surface area (Å²) in [6.45, 7) is 0.681. The van der Waals surface area contributed by atoms with E-state index in [9.17, 15) is 8.42 Å². The average Bonchev–Trinajstić information content (AvgIpc) is 3.26. The lowest BCUT2D eigenvalue weighted by Crippen LogP contribution is -2.32. The molecular weight excluding hydrogens is 426 g/mol. The molecule has 5 rings (SSSR count). The van der Waals surface area contributed by atoms with Gasteiger partial charge in [-0.15, -0.1) is 0 Å². The van der Waals surface area contributed by atoms with Gasteiger partial charge >= 0.3 is 0 Å². The van der Waals surface area contributed by atoms with Crippen LogP contribution in [-0.2, 0) is 16.4 Å². The molecule has 1 saturated heterocycles. The van der Waals surface area contributed by atoms with Crippen LogP contribution in [0.4, 0.5) is 0 Å². The van der Waals surface area contributed by atoms with Crippen molar-refractivity contribution in [2.75, 3.05) is 0 Å². The Labute approximate surface area is 196 Å². The summed E-state index contributed by atoms with van der Waals surface area (Å²) in [5, 5.41) is -0.545. The Morgan fingerprint density at radius 1 is 0.636 bits per heavy atom. The molecule has 0 amide bonds. The van der Waals surface area contributed by atoms with Crippen molar-refractivity contribution in [3.63, 3.8) is 0 Å². The Hall–Kier alpha value is -3.21. The van der Waals surface area contributed by atoms with Crippen LogP contribution in [0.1, 0.15) is 35.2 Å². The number of rotatable bonds is 6. The topological polar surface area (TPSA) is 37.4 Å². The van der Waals surface area contributed by atoms with Crippen LogP contribution in [0.3, 0.4) is 0 Å². The molecular formula is C29H27NO2S. The Bertz CT molecular complexity index is 1280. The second-order valence-electron chi connectivity index (χ2n) is 8.57. The van der Waals surface area contributed by atoms with E-state index in [1.807, 2.05) is 60.7 Å². The predicted molar refractivity (Wildman–Crippen MR) is 132 cm³/mol. The van der Waals surface area contributed by atoms with E-state index in [1.54, 1.807) is 24.3 Å². The minimum absolute atomic E-state index is 0.0000921. The number of likely N-dealkylation sites (tertiary alicyclic amines) is 1. The van der Waals surface area contributed by atoms with Crippen molar-refractivity contribution in [3.05, 3.63) is 138 Å². The normalized spacial score (nSPS) is 21.2. The lowest BCUT2D eigenvalue weighted by Gasteiger charge is -2.32. The molecule has 1 unspecified atom stereocenters. The zero-order valence-electron chi connectivity index (χ0n) is 18.4. The average molecular weight is 454 g/mol. The maximum atomic E-state index is 14.0. The minimum atomic E-state index is -3.54. The summed E-state index contributed by atoms with van der Waals surface area (Å²) in [5.41, 5.74) is 3.37. The molecule has 4 aromatic rings. The van der Waals surface area contributed by atoms with Gasteiger partial charge in [0, 0.05) is 12.6 Å². The van der Waals surface area contributed by atoms with Crippen molar-refractivity contribution in [2.45, 2.75) is 35.2 Å². The smallest absolute Gasteiger partial charge is 0.183 e. The van der Waals surface area contributed by atoms with Crippen molar-refractivity contribution in [2.24, 2.45) is 0 Å². The largest absolute Gasteiger partial charge is 0.284 e. The van der Waals surface area contributed by atoms with E-state index in [0.29, 0.717) is 17.9 Å². The summed E-state index contributed by atoms with van der Waals surface area (Å²) in [7, 11) is -3.54. The summed E-state index contributed by atoms with van der Waals surface area (Å²) in [4.78, 5) is 2.77. The van der Waals surface area contributed by atoms with Gasteiger partial charge in [-0.1, -0.05) is 109 Å². The lowest BCUT2D eigenvalue weighted by molar-refractivity contribution is 0.185. The van der Waals surface area contributed by atoms with Gasteiger partial charge in [0.05, 0.1) is 16.2 Å². The summed E-state index contributed by atoms with van der Waals surface area (Å²) in [6, 6.07) is 39.4. The van der Waals surface area contributed by atoms with Crippen LogP contribution in [0.5, 0.6) is 0 Å². The fourth-order valence-electron chi connectivity index (χ4n) is 5.03. The third kappa shape index (κ3) is 4.37. The molecule has 166 valence electrons. The first kappa shape index (κ1) is 21.6. The third-order valence-corrected chi connectivity index (χ3v) is 8.75. The highest BCUT2D eigenvalue weighted by Gasteiger charge is 2.48. The fourth-order valence-corrected chi connectivity index (χ4v) is 7.01. The highest BCUT2D eigenvalue weighted by molar-refractivity contribution is 7.92. The fraction of sp³-hybridized carbons (Fsp3) is 0.172. The molecule has 0 aliphatic carbocycles. The summed E-state index contributed by atoms with van der Waals surface area (Å²) in [5.74, 6) is 0. The molecule has 1 fully saturated rings. The van der Waals surface area contributed by atoms with E-state index in [2.05, 4.69) is 41.3 Å². The van der Waals surface area contributed by atoms with Crippen LogP contribution in [0.2, 0.25) is 0 Å². The molecule has 1 aliphatic rings. The van der Waals surface area contributed by atoms with E-state index in [1.165, 1.54) is 5.56 Å². The van der Waals surface area contributed by atoms with Gasteiger partial charge in [-0.3, -0.25) is 4.90 Å². The minimum Gasteiger partial charge on any atom is -0.284 e. The molecule has 3 nitrogen and oxygen atoms in total. The molecule has 1 heterocycles. The molecule has 0 saturated carbocycles. The van der Waals surface area contributed by atoms with Gasteiger partial charge in [-0.2, -0.15) is 0 Å². The summed E-state index contributed by atoms with van der Waals surface area (Å²) < 4.78 is 27.9. The third-order valence-electron chi connectivity index (χ3n) is 6.57. The zero-order chi connectivity index (χ0) is 22.7. The van der Waals surface area contributed by atoms with Crippen molar-refractivity contribution in [3.8, 4) is 0 Å². The van der Waals surface area contributed by atoms with Crippen LogP contribution in [0, 0.1) is 0 Å². The predicted octanol–water partition coefficient (Wildman–Crippen LogP) is 6.22. The highest BCUT2D eigenvalue weighted by atomic mass is 32.2. The first-order valence-electron chi connectivity index (χ1n) is 11.3. The monoisotopic (exact) mass is 453 g/mol. The Kier molecular flexibility index (Phi) is 6.12. The van der Waals surface area contributed by atoms with Gasteiger partial charge in [0.25, 0.3) is 0 Å². The van der Waals surface area contributed by atoms with E-state index in [4.69, 9.17) is 0 Å². The van der Waals surface area contributed by atoms with Gasteiger partial charge in [0.2, 0.25) is 0 Å². The molecule has 3 atom stereocenters. The Morgan fingerprint density at radius 2 is 1.12 bits per heavy atom. The van der Waals surface area contributed by atoms with Gasteiger partial charge in [-0.25, -0.2) is 8.42 Å². The number of hydrogen-bond donors (Lipinski definition) is 0. The van der Waals surface area contributed by atoms with Crippen molar-refractivity contribution >= 4 is 9.84 Å². The zero-order valence-corrected chi connectivity index (χ0v) is 19.2. The van der Waals surface area contributed by atoms with Crippen molar-refractivity contribution in [1.29, 1.82) is 0 Å². The second-order valence-corrected chi connectivity index (χ2v) is 10.7. The number of hydrogen-bond acceptors (Lipinski definition) is 3.